The van der Waals surface area contributed by atoms with Gasteiger partial charge in [-0.05, 0) is 18.3 Å². The molecule has 0 nitrogen and oxygen atoms in total. The Kier molecular flexibility index (Phi) is 1.14. The van der Waals surface area contributed by atoms with Crippen molar-refractivity contribution in [3.05, 3.63) is 0 Å². The largest absolute Gasteiger partial charge is 0.154 e. The minimum Gasteiger partial charge on any atom is -0.154 e. The molecule has 9 heavy (non-hydrogen) atoms. The Bertz CT molecular complexity index is 113. The standard InChI is InChI=1S/C8H14S/c1-8(2)6-4-3-5-7(8)9-6/h6-7H,3-5H2,1-2H3. The second-order valence-electron chi connectivity index (χ2n) is 3.87. The first-order valence-corrected chi connectivity index (χ1v) is 4.81. The van der Waals surface area contributed by atoms with Crippen LogP contribution in [-0.2, 0) is 0 Å². The molecule has 0 amide bonds. The maximum Gasteiger partial charge on any atom is 0.0112 e. The fraction of sp³-hybridized carbons (Fsp3) is 1.00. The Balaban J connectivity index is 2.13. The smallest absolute Gasteiger partial charge is 0.0112 e. The first-order valence-electron chi connectivity index (χ1n) is 3.87. The molecule has 0 spiro atoms. The molecule has 3 fully saturated rings. The molecule has 0 aromatic carbocycles. The van der Waals surface area contributed by atoms with Crippen LogP contribution >= 0.6 is 11.8 Å². The van der Waals surface area contributed by atoms with Gasteiger partial charge in [0, 0.05) is 10.5 Å². The zero-order chi connectivity index (χ0) is 6.48. The summed E-state index contributed by atoms with van der Waals surface area (Å²) in [7, 11) is 0. The molecule has 2 atom stereocenters. The Morgan fingerprint density at radius 3 is 2.00 bits per heavy atom. The first kappa shape index (κ1) is 6.09. The van der Waals surface area contributed by atoms with Gasteiger partial charge in [0.15, 0.2) is 0 Å². The third-order valence-electron chi connectivity index (χ3n) is 2.92. The maximum atomic E-state index is 2.43. The molecule has 2 unspecified atom stereocenters. The molecule has 3 aliphatic rings. The quantitative estimate of drug-likeness (QED) is 0.501. The van der Waals surface area contributed by atoms with E-state index in [1.807, 2.05) is 0 Å². The molecule has 1 aliphatic carbocycles. The molecule has 0 radical (unpaired) electrons. The Morgan fingerprint density at radius 2 is 1.78 bits per heavy atom. The summed E-state index contributed by atoms with van der Waals surface area (Å²) in [5.41, 5.74) is 0.697. The third kappa shape index (κ3) is 0.674. The van der Waals surface area contributed by atoms with Gasteiger partial charge in [-0.3, -0.25) is 0 Å². The number of fused-ring (bicyclic) bond motifs is 2. The lowest BCUT2D eigenvalue weighted by Gasteiger charge is -2.55. The van der Waals surface area contributed by atoms with E-state index >= 15 is 0 Å². The second kappa shape index (κ2) is 1.69. The van der Waals surface area contributed by atoms with Gasteiger partial charge in [-0.25, -0.2) is 0 Å². The van der Waals surface area contributed by atoms with Crippen molar-refractivity contribution in [3.8, 4) is 0 Å². The zero-order valence-corrected chi connectivity index (χ0v) is 7.00. The van der Waals surface area contributed by atoms with Crippen molar-refractivity contribution in [1.82, 2.24) is 0 Å². The molecule has 0 aromatic heterocycles. The van der Waals surface area contributed by atoms with Crippen LogP contribution in [0, 0.1) is 5.41 Å². The fourth-order valence-corrected chi connectivity index (χ4v) is 3.86. The van der Waals surface area contributed by atoms with Crippen LogP contribution in [0.4, 0.5) is 0 Å². The molecule has 2 aliphatic heterocycles. The van der Waals surface area contributed by atoms with E-state index in [1.165, 1.54) is 19.3 Å². The van der Waals surface area contributed by atoms with Crippen LogP contribution in [0.5, 0.6) is 0 Å². The molecule has 3 rings (SSSR count). The first-order chi connectivity index (χ1) is 4.21. The molecule has 2 heterocycles. The lowest BCUT2D eigenvalue weighted by molar-refractivity contribution is 0.231. The van der Waals surface area contributed by atoms with Crippen molar-refractivity contribution < 1.29 is 0 Å². The van der Waals surface area contributed by atoms with E-state index in [4.69, 9.17) is 0 Å². The van der Waals surface area contributed by atoms with E-state index < -0.39 is 0 Å². The molecule has 52 valence electrons. The highest BCUT2D eigenvalue weighted by Gasteiger charge is 2.50. The van der Waals surface area contributed by atoms with Crippen LogP contribution in [0.2, 0.25) is 0 Å². The summed E-state index contributed by atoms with van der Waals surface area (Å²) in [5.74, 6) is 0. The lowest BCUT2D eigenvalue weighted by Crippen LogP contribution is -2.51. The topological polar surface area (TPSA) is 0 Å². The summed E-state index contributed by atoms with van der Waals surface area (Å²) in [4.78, 5) is 0. The summed E-state index contributed by atoms with van der Waals surface area (Å²) in [6, 6.07) is 0. The van der Waals surface area contributed by atoms with E-state index in [9.17, 15) is 0 Å². The highest BCUT2D eigenvalue weighted by Crippen LogP contribution is 2.59. The van der Waals surface area contributed by atoms with Gasteiger partial charge in [0.2, 0.25) is 0 Å². The van der Waals surface area contributed by atoms with Crippen molar-refractivity contribution >= 4 is 11.8 Å². The summed E-state index contributed by atoms with van der Waals surface area (Å²) in [5, 5.41) is 2.02. The van der Waals surface area contributed by atoms with Crippen molar-refractivity contribution in [1.29, 1.82) is 0 Å². The summed E-state index contributed by atoms with van der Waals surface area (Å²) in [6.45, 7) is 4.86. The predicted octanol–water partition coefficient (Wildman–Crippen LogP) is 2.68. The van der Waals surface area contributed by atoms with Gasteiger partial charge < -0.3 is 0 Å². The van der Waals surface area contributed by atoms with Crippen LogP contribution in [0.25, 0.3) is 0 Å². The number of thioether (sulfide) groups is 1. The van der Waals surface area contributed by atoms with E-state index in [1.54, 1.807) is 0 Å². The second-order valence-corrected chi connectivity index (χ2v) is 5.28. The lowest BCUT2D eigenvalue weighted by atomic mass is 9.75. The molecule has 2 saturated heterocycles. The molecular formula is C8H14S. The van der Waals surface area contributed by atoms with Gasteiger partial charge in [-0.1, -0.05) is 20.3 Å². The third-order valence-corrected chi connectivity index (χ3v) is 5.26. The van der Waals surface area contributed by atoms with E-state index in [0.29, 0.717) is 5.41 Å². The van der Waals surface area contributed by atoms with E-state index in [0.717, 1.165) is 10.5 Å². The van der Waals surface area contributed by atoms with Crippen molar-refractivity contribution in [2.24, 2.45) is 5.41 Å². The molecule has 1 heteroatoms. The van der Waals surface area contributed by atoms with Crippen LogP contribution in [0.1, 0.15) is 33.1 Å². The van der Waals surface area contributed by atoms with Gasteiger partial charge in [0.05, 0.1) is 0 Å². The summed E-state index contributed by atoms with van der Waals surface area (Å²) in [6.07, 6.45) is 4.45. The van der Waals surface area contributed by atoms with Crippen molar-refractivity contribution in [3.63, 3.8) is 0 Å². The molecule has 0 N–H and O–H groups in total. The van der Waals surface area contributed by atoms with Gasteiger partial charge >= 0.3 is 0 Å². The summed E-state index contributed by atoms with van der Waals surface area (Å²) >= 11 is 2.22. The van der Waals surface area contributed by atoms with Crippen LogP contribution in [-0.4, -0.2) is 10.5 Å². The van der Waals surface area contributed by atoms with Crippen LogP contribution in [0.15, 0.2) is 0 Å². The Hall–Kier alpha value is 0.350. The Morgan fingerprint density at radius 1 is 1.22 bits per heavy atom. The minimum absolute atomic E-state index is 0.697. The predicted molar refractivity (Wildman–Crippen MR) is 42.8 cm³/mol. The zero-order valence-electron chi connectivity index (χ0n) is 6.18. The van der Waals surface area contributed by atoms with Crippen LogP contribution < -0.4 is 0 Å². The fourth-order valence-electron chi connectivity index (χ4n) is 2.05. The SMILES string of the molecule is CC1(C)C2CCCC1S2. The number of rotatable bonds is 0. The molecule has 0 aromatic rings. The average molecular weight is 142 g/mol. The maximum absolute atomic E-state index is 2.43. The van der Waals surface area contributed by atoms with Gasteiger partial charge in [-0.15, -0.1) is 0 Å². The monoisotopic (exact) mass is 142 g/mol. The molecule has 2 bridgehead atoms. The number of hydrogen-bond donors (Lipinski definition) is 0. The van der Waals surface area contributed by atoms with E-state index in [2.05, 4.69) is 25.6 Å². The average Bonchev–Trinajstić information content (AvgIpc) is 1.89. The normalized spacial score (nSPS) is 46.0. The van der Waals surface area contributed by atoms with Crippen molar-refractivity contribution in [2.45, 2.75) is 43.6 Å². The van der Waals surface area contributed by atoms with Gasteiger partial charge in [-0.2, -0.15) is 11.8 Å². The van der Waals surface area contributed by atoms with E-state index in [-0.39, 0.29) is 0 Å². The molecule has 1 saturated carbocycles. The molecular weight excluding hydrogens is 128 g/mol. The number of hydrogen-bond acceptors (Lipinski definition) is 1. The van der Waals surface area contributed by atoms with Gasteiger partial charge in [0.25, 0.3) is 0 Å². The highest BCUT2D eigenvalue weighted by molar-refractivity contribution is 8.02. The Labute approximate surface area is 61.4 Å². The van der Waals surface area contributed by atoms with Gasteiger partial charge in [0.1, 0.15) is 0 Å². The minimum atomic E-state index is 0.697. The van der Waals surface area contributed by atoms with Crippen LogP contribution in [0.3, 0.4) is 0 Å². The van der Waals surface area contributed by atoms with Crippen molar-refractivity contribution in [2.75, 3.05) is 0 Å². The highest BCUT2D eigenvalue weighted by atomic mass is 32.2. The summed E-state index contributed by atoms with van der Waals surface area (Å²) < 4.78 is 0.